The van der Waals surface area contributed by atoms with E-state index in [2.05, 4.69) is 17.3 Å². The van der Waals surface area contributed by atoms with Crippen molar-refractivity contribution >= 4 is 7.75 Å². The minimum Gasteiger partial charge on any atom is -0.315 e. The van der Waals surface area contributed by atoms with E-state index < -0.39 is 7.75 Å². The molecule has 1 aliphatic rings. The number of nitrogens with one attached hydrogen (secondary N) is 2. The van der Waals surface area contributed by atoms with Crippen molar-refractivity contribution in [2.75, 3.05) is 26.3 Å². The second-order valence-corrected chi connectivity index (χ2v) is 5.81. The molecule has 0 amide bonds. The fourth-order valence-corrected chi connectivity index (χ4v) is 3.47. The van der Waals surface area contributed by atoms with Crippen LogP contribution in [0.4, 0.5) is 0 Å². The first-order valence-electron chi connectivity index (χ1n) is 5.99. The molecule has 2 atom stereocenters. The van der Waals surface area contributed by atoms with Crippen LogP contribution in [0.25, 0.3) is 0 Å². The van der Waals surface area contributed by atoms with Crippen LogP contribution in [-0.4, -0.2) is 32.3 Å². The molecule has 0 saturated carbocycles. The summed E-state index contributed by atoms with van der Waals surface area (Å²) >= 11 is 0. The highest BCUT2D eigenvalue weighted by molar-refractivity contribution is 7.51. The normalized spacial score (nSPS) is 26.9. The molecule has 0 bridgehead atoms. The Kier molecular flexibility index (Phi) is 5.94. The maximum Gasteiger partial charge on any atom is 0.405 e. The maximum absolute atomic E-state index is 12.2. The standard InChI is InChI=1S/C10H23N2O3P/c1-4-14-16(13,15-5-2)12-10-8-11-7-6-9(10)3/h9-11H,4-8H2,1-3H3,(H,12,13)/t9-,10-/m0/s1. The molecule has 1 rings (SSSR count). The minimum atomic E-state index is -3.12. The Hall–Kier alpha value is 0.0700. The van der Waals surface area contributed by atoms with Crippen LogP contribution in [0.3, 0.4) is 0 Å². The number of piperidine rings is 1. The topological polar surface area (TPSA) is 59.6 Å². The van der Waals surface area contributed by atoms with Crippen LogP contribution >= 0.6 is 7.75 Å². The lowest BCUT2D eigenvalue weighted by molar-refractivity contribution is 0.196. The van der Waals surface area contributed by atoms with Crippen molar-refractivity contribution in [2.45, 2.75) is 33.2 Å². The fraction of sp³-hybridized carbons (Fsp3) is 1.00. The Morgan fingerprint density at radius 1 is 1.38 bits per heavy atom. The van der Waals surface area contributed by atoms with Gasteiger partial charge in [0.1, 0.15) is 0 Å². The average Bonchev–Trinajstić information content (AvgIpc) is 2.22. The van der Waals surface area contributed by atoms with Gasteiger partial charge in [0.15, 0.2) is 0 Å². The van der Waals surface area contributed by atoms with Gasteiger partial charge in [-0.3, -0.25) is 9.05 Å². The average molecular weight is 250 g/mol. The highest BCUT2D eigenvalue weighted by atomic mass is 31.2. The summed E-state index contributed by atoms with van der Waals surface area (Å²) in [6, 6.07) is 0.151. The molecule has 0 aromatic rings. The van der Waals surface area contributed by atoms with E-state index in [1.165, 1.54) is 0 Å². The molecular formula is C10H23N2O3P. The Morgan fingerprint density at radius 2 is 2.00 bits per heavy atom. The highest BCUT2D eigenvalue weighted by Crippen LogP contribution is 2.44. The lowest BCUT2D eigenvalue weighted by Crippen LogP contribution is -2.47. The summed E-state index contributed by atoms with van der Waals surface area (Å²) in [6.45, 7) is 8.39. The van der Waals surface area contributed by atoms with E-state index in [1.807, 2.05) is 13.8 Å². The molecule has 1 saturated heterocycles. The molecule has 0 unspecified atom stereocenters. The van der Waals surface area contributed by atoms with Crippen LogP contribution in [0.15, 0.2) is 0 Å². The van der Waals surface area contributed by atoms with Gasteiger partial charge in [0.2, 0.25) is 0 Å². The van der Waals surface area contributed by atoms with Crippen molar-refractivity contribution in [3.8, 4) is 0 Å². The lowest BCUT2D eigenvalue weighted by atomic mass is 9.96. The molecule has 0 aliphatic carbocycles. The first kappa shape index (κ1) is 14.1. The molecule has 6 heteroatoms. The van der Waals surface area contributed by atoms with Gasteiger partial charge < -0.3 is 5.32 Å². The van der Waals surface area contributed by atoms with Gasteiger partial charge in [-0.15, -0.1) is 0 Å². The third-order valence-corrected chi connectivity index (χ3v) is 4.59. The van der Waals surface area contributed by atoms with Crippen molar-refractivity contribution < 1.29 is 13.6 Å². The molecule has 0 radical (unpaired) electrons. The number of hydrogen-bond acceptors (Lipinski definition) is 4. The Labute approximate surface area is 97.9 Å². The molecule has 96 valence electrons. The third kappa shape index (κ3) is 4.15. The molecule has 1 fully saturated rings. The molecule has 0 spiro atoms. The minimum absolute atomic E-state index is 0.151. The van der Waals surface area contributed by atoms with E-state index >= 15 is 0 Å². The molecule has 2 N–H and O–H groups in total. The second kappa shape index (κ2) is 6.72. The van der Waals surface area contributed by atoms with E-state index in [1.54, 1.807) is 0 Å². The zero-order valence-electron chi connectivity index (χ0n) is 10.4. The summed E-state index contributed by atoms with van der Waals surface area (Å²) in [6.07, 6.45) is 1.08. The van der Waals surface area contributed by atoms with Crippen molar-refractivity contribution in [3.05, 3.63) is 0 Å². The smallest absolute Gasteiger partial charge is 0.315 e. The Bertz CT molecular complexity index is 240. The van der Waals surface area contributed by atoms with Crippen molar-refractivity contribution in [2.24, 2.45) is 5.92 Å². The van der Waals surface area contributed by atoms with Gasteiger partial charge in [0.25, 0.3) is 0 Å². The zero-order valence-corrected chi connectivity index (χ0v) is 11.3. The highest BCUT2D eigenvalue weighted by Gasteiger charge is 2.31. The van der Waals surface area contributed by atoms with E-state index in [0.29, 0.717) is 19.1 Å². The van der Waals surface area contributed by atoms with Crippen LogP contribution in [0, 0.1) is 5.92 Å². The lowest BCUT2D eigenvalue weighted by Gasteiger charge is -2.32. The predicted molar refractivity (Wildman–Crippen MR) is 64.4 cm³/mol. The Balaban J connectivity index is 2.55. The summed E-state index contributed by atoms with van der Waals surface area (Å²) in [5.41, 5.74) is 0. The van der Waals surface area contributed by atoms with Crippen molar-refractivity contribution in [1.29, 1.82) is 0 Å². The van der Waals surface area contributed by atoms with Gasteiger partial charge in [0.05, 0.1) is 13.2 Å². The van der Waals surface area contributed by atoms with Gasteiger partial charge >= 0.3 is 7.75 Å². The zero-order chi connectivity index (χ0) is 12.0. The largest absolute Gasteiger partial charge is 0.405 e. The Morgan fingerprint density at radius 3 is 2.50 bits per heavy atom. The number of hydrogen-bond donors (Lipinski definition) is 2. The van der Waals surface area contributed by atoms with E-state index in [9.17, 15) is 4.57 Å². The molecule has 0 aromatic heterocycles. The SMILES string of the molecule is CCOP(=O)(N[C@H]1CNCC[C@@H]1C)OCC. The first-order chi connectivity index (χ1) is 7.61. The summed E-state index contributed by atoms with van der Waals surface area (Å²) in [4.78, 5) is 0. The van der Waals surface area contributed by atoms with Crippen molar-refractivity contribution in [3.63, 3.8) is 0 Å². The fourth-order valence-electron chi connectivity index (χ4n) is 1.82. The van der Waals surface area contributed by atoms with Crippen LogP contribution in [0.1, 0.15) is 27.2 Å². The maximum atomic E-state index is 12.2. The predicted octanol–water partition coefficient (Wildman–Crippen LogP) is 1.76. The number of rotatable bonds is 6. The van der Waals surface area contributed by atoms with Crippen molar-refractivity contribution in [1.82, 2.24) is 10.4 Å². The second-order valence-electron chi connectivity index (χ2n) is 4.04. The van der Waals surface area contributed by atoms with Crippen LogP contribution in [0.5, 0.6) is 0 Å². The van der Waals surface area contributed by atoms with E-state index in [0.717, 1.165) is 19.5 Å². The van der Waals surface area contributed by atoms with E-state index in [-0.39, 0.29) is 6.04 Å². The molecule has 1 aliphatic heterocycles. The summed E-state index contributed by atoms with van der Waals surface area (Å²) < 4.78 is 22.7. The van der Waals surface area contributed by atoms with Gasteiger partial charge in [-0.1, -0.05) is 6.92 Å². The third-order valence-electron chi connectivity index (χ3n) is 2.75. The monoisotopic (exact) mass is 250 g/mol. The van der Waals surface area contributed by atoms with Gasteiger partial charge in [-0.25, -0.2) is 9.65 Å². The van der Waals surface area contributed by atoms with Crippen LogP contribution in [-0.2, 0) is 13.6 Å². The van der Waals surface area contributed by atoms with Crippen LogP contribution in [0.2, 0.25) is 0 Å². The quantitative estimate of drug-likeness (QED) is 0.703. The molecule has 5 nitrogen and oxygen atoms in total. The van der Waals surface area contributed by atoms with Gasteiger partial charge in [-0.05, 0) is 32.7 Å². The summed E-state index contributed by atoms with van der Waals surface area (Å²) in [7, 11) is -3.12. The molecule has 0 aromatic carbocycles. The summed E-state index contributed by atoms with van der Waals surface area (Å²) in [5, 5.41) is 6.31. The van der Waals surface area contributed by atoms with Gasteiger partial charge in [-0.2, -0.15) is 0 Å². The van der Waals surface area contributed by atoms with Gasteiger partial charge in [0, 0.05) is 12.6 Å². The molecule has 16 heavy (non-hydrogen) atoms. The molecule has 1 heterocycles. The molecular weight excluding hydrogens is 227 g/mol. The summed E-state index contributed by atoms with van der Waals surface area (Å²) in [5.74, 6) is 0.482. The van der Waals surface area contributed by atoms with Crippen LogP contribution < -0.4 is 10.4 Å². The van der Waals surface area contributed by atoms with E-state index in [4.69, 9.17) is 9.05 Å². The first-order valence-corrected chi connectivity index (χ1v) is 7.53.